The third-order valence-electron chi connectivity index (χ3n) is 4.82. The Kier molecular flexibility index (Phi) is 4.37. The van der Waals surface area contributed by atoms with Gasteiger partial charge >= 0.3 is 6.18 Å². The number of nitrogens with zero attached hydrogens (tertiary/aromatic N) is 2. The lowest BCUT2D eigenvalue weighted by molar-refractivity contribution is -0.137. The first kappa shape index (κ1) is 18.7. The minimum absolute atomic E-state index is 0.0149. The number of benzene rings is 2. The molecular formula is C20H15F3N4O2. The van der Waals surface area contributed by atoms with Crippen LogP contribution < -0.4 is 11.2 Å². The van der Waals surface area contributed by atoms with E-state index in [2.05, 4.69) is 10.5 Å². The first-order valence-electron chi connectivity index (χ1n) is 8.75. The molecule has 148 valence electrons. The third kappa shape index (κ3) is 3.24. The number of carbonyl (C=O) groups excluding carboxylic acids is 2. The van der Waals surface area contributed by atoms with Gasteiger partial charge in [0.25, 0.3) is 11.8 Å². The van der Waals surface area contributed by atoms with Crippen molar-refractivity contribution in [3.05, 3.63) is 76.5 Å². The normalized spacial score (nSPS) is 12.8. The van der Waals surface area contributed by atoms with Crippen molar-refractivity contribution in [1.82, 2.24) is 9.89 Å². The smallest absolute Gasteiger partial charge is 0.364 e. The number of nitrogens with one attached hydrogen (secondary N) is 1. The Balaban J connectivity index is 1.81. The number of carbonyl (C=O) groups is 2. The van der Waals surface area contributed by atoms with Gasteiger partial charge < -0.3 is 5.73 Å². The lowest BCUT2D eigenvalue weighted by Crippen LogP contribution is -2.28. The summed E-state index contributed by atoms with van der Waals surface area (Å²) >= 11 is 0. The van der Waals surface area contributed by atoms with Crippen molar-refractivity contribution in [3.63, 3.8) is 0 Å². The van der Waals surface area contributed by atoms with E-state index < -0.39 is 29.1 Å². The van der Waals surface area contributed by atoms with Crippen molar-refractivity contribution in [2.24, 2.45) is 5.73 Å². The molecule has 0 bridgehead atoms. The van der Waals surface area contributed by atoms with Crippen LogP contribution in [0.4, 0.5) is 13.2 Å². The van der Waals surface area contributed by atoms with Gasteiger partial charge in [-0.25, -0.2) is 5.43 Å². The van der Waals surface area contributed by atoms with Gasteiger partial charge in [-0.15, -0.1) is 5.10 Å². The van der Waals surface area contributed by atoms with Crippen molar-refractivity contribution in [2.45, 2.75) is 19.0 Å². The molecule has 0 atom stereocenters. The highest BCUT2D eigenvalue weighted by molar-refractivity contribution is 6.02. The van der Waals surface area contributed by atoms with Crippen LogP contribution >= 0.6 is 0 Å². The molecule has 1 heterocycles. The number of nitrogens with two attached hydrogens (primary N) is 1. The van der Waals surface area contributed by atoms with E-state index in [1.54, 1.807) is 12.1 Å². The highest BCUT2D eigenvalue weighted by atomic mass is 19.4. The SMILES string of the molecule is NC(=O)c1nn(NC(=O)c2ccccc2C(F)(F)F)c2c1CCc1ccccc1-2. The molecule has 2 aromatic carbocycles. The molecule has 9 heteroatoms. The number of hydrogen-bond donors (Lipinski definition) is 2. The molecule has 0 radical (unpaired) electrons. The second-order valence-corrected chi connectivity index (χ2v) is 6.59. The molecule has 1 aromatic heterocycles. The Morgan fingerprint density at radius 3 is 2.45 bits per heavy atom. The molecule has 0 aliphatic heterocycles. The van der Waals surface area contributed by atoms with E-state index >= 15 is 0 Å². The fourth-order valence-corrected chi connectivity index (χ4v) is 3.56. The second kappa shape index (κ2) is 6.77. The van der Waals surface area contributed by atoms with Gasteiger partial charge in [-0.1, -0.05) is 36.4 Å². The highest BCUT2D eigenvalue weighted by Crippen LogP contribution is 2.35. The van der Waals surface area contributed by atoms with Gasteiger partial charge in [0.05, 0.1) is 16.8 Å². The quantitative estimate of drug-likeness (QED) is 0.708. The van der Waals surface area contributed by atoms with Crippen LogP contribution in [-0.2, 0) is 19.0 Å². The molecule has 0 fully saturated rings. The van der Waals surface area contributed by atoms with Crippen molar-refractivity contribution >= 4 is 11.8 Å². The summed E-state index contributed by atoms with van der Waals surface area (Å²) in [5.74, 6) is -1.77. The lowest BCUT2D eigenvalue weighted by Gasteiger charge is -2.19. The zero-order valence-corrected chi connectivity index (χ0v) is 15.0. The summed E-state index contributed by atoms with van der Waals surface area (Å²) < 4.78 is 39.8. The summed E-state index contributed by atoms with van der Waals surface area (Å²) in [6.45, 7) is 0. The predicted octanol–water partition coefficient (Wildman–Crippen LogP) is 3.15. The van der Waals surface area contributed by atoms with Gasteiger partial charge in [-0.05, 0) is 30.5 Å². The van der Waals surface area contributed by atoms with E-state index in [9.17, 15) is 22.8 Å². The van der Waals surface area contributed by atoms with E-state index in [1.807, 2.05) is 12.1 Å². The van der Waals surface area contributed by atoms with Crippen LogP contribution in [0.5, 0.6) is 0 Å². The number of primary amides is 1. The van der Waals surface area contributed by atoms with E-state index in [4.69, 9.17) is 5.73 Å². The van der Waals surface area contributed by atoms with Crippen molar-refractivity contribution in [3.8, 4) is 11.3 Å². The average Bonchev–Trinajstić information content (AvgIpc) is 3.06. The highest BCUT2D eigenvalue weighted by Gasteiger charge is 2.35. The van der Waals surface area contributed by atoms with Gasteiger partial charge in [0.1, 0.15) is 0 Å². The molecular weight excluding hydrogens is 385 g/mol. The number of amides is 2. The van der Waals surface area contributed by atoms with Crippen LogP contribution in [0, 0.1) is 0 Å². The molecule has 2 amide bonds. The summed E-state index contributed by atoms with van der Waals surface area (Å²) in [6, 6.07) is 11.8. The average molecular weight is 400 g/mol. The molecule has 0 saturated carbocycles. The van der Waals surface area contributed by atoms with E-state index in [0.29, 0.717) is 24.1 Å². The van der Waals surface area contributed by atoms with Crippen LogP contribution in [0.15, 0.2) is 48.5 Å². The first-order valence-corrected chi connectivity index (χ1v) is 8.75. The van der Waals surface area contributed by atoms with Gasteiger partial charge in [0.15, 0.2) is 5.69 Å². The number of hydrogen-bond acceptors (Lipinski definition) is 3. The number of alkyl halides is 3. The van der Waals surface area contributed by atoms with Crippen LogP contribution in [0.2, 0.25) is 0 Å². The molecule has 29 heavy (non-hydrogen) atoms. The minimum atomic E-state index is -4.69. The van der Waals surface area contributed by atoms with Crippen LogP contribution in [-0.4, -0.2) is 21.7 Å². The van der Waals surface area contributed by atoms with Crippen LogP contribution in [0.3, 0.4) is 0 Å². The molecule has 3 aromatic rings. The predicted molar refractivity (Wildman–Crippen MR) is 98.7 cm³/mol. The number of aromatic nitrogens is 2. The fourth-order valence-electron chi connectivity index (χ4n) is 3.56. The molecule has 0 unspecified atom stereocenters. The molecule has 0 saturated heterocycles. The van der Waals surface area contributed by atoms with Gasteiger partial charge in [0.2, 0.25) is 0 Å². The summed E-state index contributed by atoms with van der Waals surface area (Å²) in [5, 5.41) is 4.08. The third-order valence-corrected chi connectivity index (χ3v) is 4.82. The molecule has 1 aliphatic rings. The minimum Gasteiger partial charge on any atom is -0.364 e. The fraction of sp³-hybridized carbons (Fsp3) is 0.150. The maximum atomic E-state index is 13.3. The molecule has 4 rings (SSSR count). The monoisotopic (exact) mass is 400 g/mol. The number of fused-ring (bicyclic) bond motifs is 3. The number of rotatable bonds is 3. The zero-order valence-electron chi connectivity index (χ0n) is 15.0. The van der Waals surface area contributed by atoms with E-state index in [-0.39, 0.29) is 5.69 Å². The Bertz CT molecular complexity index is 1130. The summed E-state index contributed by atoms with van der Waals surface area (Å²) in [5.41, 5.74) is 8.88. The topological polar surface area (TPSA) is 90.0 Å². The summed E-state index contributed by atoms with van der Waals surface area (Å²) in [6.07, 6.45) is -3.57. The number of aryl methyl sites for hydroxylation is 1. The number of halogens is 3. The molecule has 6 nitrogen and oxygen atoms in total. The molecule has 3 N–H and O–H groups in total. The first-order chi connectivity index (χ1) is 13.8. The van der Waals surface area contributed by atoms with Gasteiger partial charge in [-0.2, -0.15) is 18.0 Å². The Morgan fingerprint density at radius 1 is 1.03 bits per heavy atom. The van der Waals surface area contributed by atoms with Gasteiger partial charge in [-0.3, -0.25) is 9.59 Å². The van der Waals surface area contributed by atoms with E-state index in [0.717, 1.165) is 28.1 Å². The maximum absolute atomic E-state index is 13.3. The summed E-state index contributed by atoms with van der Waals surface area (Å²) in [7, 11) is 0. The summed E-state index contributed by atoms with van der Waals surface area (Å²) in [4.78, 5) is 25.5. The Hall–Kier alpha value is -3.62. The van der Waals surface area contributed by atoms with Crippen LogP contribution in [0.25, 0.3) is 11.3 Å². The largest absolute Gasteiger partial charge is 0.417 e. The van der Waals surface area contributed by atoms with Crippen molar-refractivity contribution in [2.75, 3.05) is 5.43 Å². The Morgan fingerprint density at radius 2 is 1.72 bits per heavy atom. The maximum Gasteiger partial charge on any atom is 0.417 e. The second-order valence-electron chi connectivity index (χ2n) is 6.59. The molecule has 0 spiro atoms. The van der Waals surface area contributed by atoms with Crippen LogP contribution in [0.1, 0.15) is 37.5 Å². The van der Waals surface area contributed by atoms with E-state index in [1.165, 1.54) is 12.1 Å². The Labute approximate surface area is 163 Å². The van der Waals surface area contributed by atoms with Crippen molar-refractivity contribution in [1.29, 1.82) is 0 Å². The van der Waals surface area contributed by atoms with Crippen molar-refractivity contribution < 1.29 is 22.8 Å². The standard InChI is InChI=1S/C20H15F3N4O2/c21-20(22,23)15-8-4-3-7-13(15)19(29)26-27-17-12-6-2-1-5-11(12)9-10-14(17)16(25-27)18(24)28/h1-8H,9-10H2,(H2,24,28)(H,26,29). The zero-order chi connectivity index (χ0) is 20.8. The molecule has 1 aliphatic carbocycles. The van der Waals surface area contributed by atoms with Gasteiger partial charge in [0, 0.05) is 11.1 Å². The lowest BCUT2D eigenvalue weighted by atomic mass is 9.89.